The van der Waals surface area contributed by atoms with Crippen LogP contribution >= 0.6 is 0 Å². The van der Waals surface area contributed by atoms with Crippen molar-refractivity contribution >= 4 is 24.2 Å². The Balaban J connectivity index is 1.57. The van der Waals surface area contributed by atoms with Gasteiger partial charge in [-0.15, -0.1) is 0 Å². The smallest absolute Gasteiger partial charge is 0.410 e. The Morgan fingerprint density at radius 2 is 1.38 bits per heavy atom. The summed E-state index contributed by atoms with van der Waals surface area (Å²) in [5.41, 5.74) is 0.530. The lowest BCUT2D eigenvalue weighted by atomic mass is 10.1. The molecule has 1 aromatic carbocycles. The van der Waals surface area contributed by atoms with Crippen molar-refractivity contribution in [3.05, 3.63) is 59.9 Å². The first-order chi connectivity index (χ1) is 16.0. The molecule has 1 aliphatic heterocycles. The van der Waals surface area contributed by atoms with Crippen LogP contribution < -0.4 is 4.74 Å². The Morgan fingerprint density at radius 3 is 2.00 bits per heavy atom. The largest absolute Gasteiger partial charge is 0.478 e. The third-order valence-corrected chi connectivity index (χ3v) is 5.38. The molecular weight excluding hydrogens is 430 g/mol. The Morgan fingerprint density at radius 1 is 0.824 bits per heavy atom. The van der Waals surface area contributed by atoms with Gasteiger partial charge >= 0.3 is 6.09 Å². The molecule has 0 bridgehead atoms. The topological polar surface area (TPSA) is 72.0 Å². The minimum atomic E-state index is -1.03. The predicted molar refractivity (Wildman–Crippen MR) is 133 cm³/mol. The molecule has 7 nitrogen and oxygen atoms in total. The molecule has 0 N–H and O–H groups in total. The van der Waals surface area contributed by atoms with Crippen LogP contribution in [0.15, 0.2) is 48.8 Å². The van der Waals surface area contributed by atoms with Crippen LogP contribution in [0.4, 0.5) is 4.79 Å². The summed E-state index contributed by atoms with van der Waals surface area (Å²) in [6, 6.07) is 11.5. The van der Waals surface area contributed by atoms with Crippen LogP contribution in [0.1, 0.15) is 52.2 Å². The molecule has 0 unspecified atom stereocenters. The molecule has 34 heavy (non-hydrogen) atoms. The van der Waals surface area contributed by atoms with Gasteiger partial charge in [0, 0.05) is 38.6 Å². The molecule has 1 aromatic heterocycles. The van der Waals surface area contributed by atoms with Gasteiger partial charge in [-0.3, -0.25) is 9.78 Å². The zero-order valence-electron chi connectivity index (χ0n) is 20.8. The summed E-state index contributed by atoms with van der Waals surface area (Å²) < 4.78 is 11.6. The Bertz CT molecular complexity index is 995. The number of hydrogen-bond donors (Lipinski definition) is 0. The lowest BCUT2D eigenvalue weighted by Gasteiger charge is -2.32. The van der Waals surface area contributed by atoms with E-state index in [1.807, 2.05) is 69.3 Å². The van der Waals surface area contributed by atoms with Gasteiger partial charge in [0.1, 0.15) is 11.4 Å². The summed E-state index contributed by atoms with van der Waals surface area (Å²) in [5.74, 6) is 0.532. The molecule has 0 radical (unpaired) electrons. The molecule has 1 aliphatic rings. The number of rotatable bonds is 5. The highest BCUT2D eigenvalue weighted by molar-refractivity contribution is 5.85. The van der Waals surface area contributed by atoms with Crippen LogP contribution in [0, 0.1) is 0 Å². The second kappa shape index (κ2) is 10.7. The van der Waals surface area contributed by atoms with Gasteiger partial charge in [0.05, 0.1) is 0 Å². The summed E-state index contributed by atoms with van der Waals surface area (Å²) in [7, 11) is 0. The van der Waals surface area contributed by atoms with Crippen LogP contribution in [0.5, 0.6) is 5.75 Å². The van der Waals surface area contributed by atoms with Crippen molar-refractivity contribution in [3.63, 3.8) is 0 Å². The number of nitrogens with zero attached hydrogens (tertiary/aromatic N) is 3. The first-order valence-electron chi connectivity index (χ1n) is 11.7. The van der Waals surface area contributed by atoms with Crippen molar-refractivity contribution in [3.8, 4) is 5.75 Å². The van der Waals surface area contributed by atoms with E-state index in [-0.39, 0.29) is 12.0 Å². The number of ether oxygens (including phenoxy) is 2. The average molecular weight is 466 g/mol. The molecule has 2 aromatic rings. The van der Waals surface area contributed by atoms with Gasteiger partial charge in [-0.1, -0.05) is 24.3 Å². The van der Waals surface area contributed by atoms with E-state index in [1.54, 1.807) is 36.0 Å². The van der Waals surface area contributed by atoms with E-state index >= 15 is 0 Å². The number of benzene rings is 1. The zero-order chi connectivity index (χ0) is 24.8. The van der Waals surface area contributed by atoms with Gasteiger partial charge in [0.15, 0.2) is 5.60 Å². The average Bonchev–Trinajstić information content (AvgIpc) is 3.04. The monoisotopic (exact) mass is 465 g/mol. The summed E-state index contributed by atoms with van der Waals surface area (Å²) in [4.78, 5) is 33.1. The fraction of sp³-hybridized carbons (Fsp3) is 0.444. The highest BCUT2D eigenvalue weighted by atomic mass is 16.6. The predicted octanol–water partition coefficient (Wildman–Crippen LogP) is 4.88. The minimum Gasteiger partial charge on any atom is -0.478 e. The normalized spacial score (nSPS) is 15.2. The summed E-state index contributed by atoms with van der Waals surface area (Å²) >= 11 is 0. The van der Waals surface area contributed by atoms with E-state index in [9.17, 15) is 9.59 Å². The molecule has 0 saturated carbocycles. The Labute approximate surface area is 202 Å². The van der Waals surface area contributed by atoms with Gasteiger partial charge in [0.25, 0.3) is 5.91 Å². The van der Waals surface area contributed by atoms with Crippen LogP contribution in [0.3, 0.4) is 0 Å². The highest BCUT2D eigenvalue weighted by Gasteiger charge is 2.35. The number of pyridine rings is 1. The van der Waals surface area contributed by atoms with E-state index < -0.39 is 11.2 Å². The second-order valence-corrected chi connectivity index (χ2v) is 9.91. The summed E-state index contributed by atoms with van der Waals surface area (Å²) in [5, 5.41) is 0. The molecule has 0 aliphatic carbocycles. The highest BCUT2D eigenvalue weighted by Crippen LogP contribution is 2.23. The van der Waals surface area contributed by atoms with Crippen LogP contribution in [0.25, 0.3) is 12.2 Å². The maximum absolute atomic E-state index is 13.3. The second-order valence-electron chi connectivity index (χ2n) is 9.91. The molecule has 3 rings (SSSR count). The fourth-order valence-electron chi connectivity index (χ4n) is 3.66. The number of carbonyl (C=O) groups is 2. The minimum absolute atomic E-state index is 0.0970. The quantitative estimate of drug-likeness (QED) is 0.629. The van der Waals surface area contributed by atoms with Crippen LogP contribution in [-0.2, 0) is 9.53 Å². The number of amides is 2. The molecule has 1 fully saturated rings. The van der Waals surface area contributed by atoms with E-state index in [4.69, 9.17) is 9.47 Å². The van der Waals surface area contributed by atoms with Crippen molar-refractivity contribution in [2.24, 2.45) is 0 Å². The summed E-state index contributed by atoms with van der Waals surface area (Å²) in [6.07, 6.45) is 7.91. The van der Waals surface area contributed by atoms with Gasteiger partial charge in [-0.2, -0.15) is 0 Å². The van der Waals surface area contributed by atoms with Crippen molar-refractivity contribution in [2.75, 3.05) is 26.2 Å². The van der Waals surface area contributed by atoms with Crippen LogP contribution in [0.2, 0.25) is 0 Å². The first kappa shape index (κ1) is 25.3. The van der Waals surface area contributed by atoms with Crippen molar-refractivity contribution < 1.29 is 19.1 Å². The van der Waals surface area contributed by atoms with E-state index in [0.29, 0.717) is 38.3 Å². The lowest BCUT2D eigenvalue weighted by molar-refractivity contribution is -0.145. The number of hydrogen-bond acceptors (Lipinski definition) is 5. The standard InChI is InChI=1S/C27H35N3O4/c1-26(2,3)34-25(32)30-18-6-17-29(19-20-30)24(31)27(4,5)33-23-11-9-21(10-12-23)7-8-22-13-15-28-16-14-22/h7-16H,6,17-20H2,1-5H3/b8-7+. The molecule has 2 amide bonds. The third-order valence-electron chi connectivity index (χ3n) is 5.38. The fourth-order valence-corrected chi connectivity index (χ4v) is 3.66. The molecular formula is C27H35N3O4. The summed E-state index contributed by atoms with van der Waals surface area (Å²) in [6.45, 7) is 11.1. The maximum atomic E-state index is 13.3. The maximum Gasteiger partial charge on any atom is 0.410 e. The van der Waals surface area contributed by atoms with Gasteiger partial charge in [-0.05, 0) is 76.4 Å². The number of carbonyl (C=O) groups excluding carboxylic acids is 2. The Hall–Kier alpha value is -3.35. The molecule has 1 saturated heterocycles. The van der Waals surface area contributed by atoms with E-state index in [2.05, 4.69) is 4.98 Å². The first-order valence-corrected chi connectivity index (χ1v) is 11.7. The van der Waals surface area contributed by atoms with Crippen molar-refractivity contribution in [2.45, 2.75) is 52.2 Å². The third kappa shape index (κ3) is 7.33. The zero-order valence-corrected chi connectivity index (χ0v) is 20.8. The van der Waals surface area contributed by atoms with E-state index in [0.717, 1.165) is 11.1 Å². The van der Waals surface area contributed by atoms with Crippen LogP contribution in [-0.4, -0.2) is 64.2 Å². The Kier molecular flexibility index (Phi) is 7.97. The van der Waals surface area contributed by atoms with Crippen molar-refractivity contribution in [1.82, 2.24) is 14.8 Å². The molecule has 2 heterocycles. The molecule has 0 spiro atoms. The van der Waals surface area contributed by atoms with Gasteiger partial charge in [0.2, 0.25) is 0 Å². The molecule has 182 valence electrons. The lowest BCUT2D eigenvalue weighted by Crippen LogP contribution is -2.50. The SMILES string of the molecule is CC(C)(C)OC(=O)N1CCCN(C(=O)C(C)(C)Oc2ccc(/C=C/c3ccncc3)cc2)CC1. The molecule has 0 atom stereocenters. The van der Waals surface area contributed by atoms with E-state index in [1.165, 1.54) is 0 Å². The van der Waals surface area contributed by atoms with Crippen molar-refractivity contribution in [1.29, 1.82) is 0 Å². The van der Waals surface area contributed by atoms with Gasteiger partial charge < -0.3 is 19.3 Å². The van der Waals surface area contributed by atoms with Gasteiger partial charge in [-0.25, -0.2) is 4.79 Å². The molecule has 7 heteroatoms. The number of aromatic nitrogens is 1.